The molecule has 110 valence electrons. The van der Waals surface area contributed by atoms with Crippen molar-refractivity contribution < 1.29 is 12.9 Å². The van der Waals surface area contributed by atoms with E-state index in [1.165, 1.54) is 22.7 Å². The van der Waals surface area contributed by atoms with Gasteiger partial charge in [-0.15, -0.1) is 11.3 Å². The van der Waals surface area contributed by atoms with E-state index in [1.807, 2.05) is 13.8 Å². The Labute approximate surface area is 122 Å². The second-order valence-corrected chi connectivity index (χ2v) is 7.93. The van der Waals surface area contributed by atoms with Crippen LogP contribution >= 0.6 is 11.3 Å². The van der Waals surface area contributed by atoms with Crippen molar-refractivity contribution >= 4 is 21.4 Å². The van der Waals surface area contributed by atoms with Crippen LogP contribution in [0.2, 0.25) is 0 Å². The molecule has 2 aromatic heterocycles. The highest BCUT2D eigenvalue weighted by Crippen LogP contribution is 2.25. The van der Waals surface area contributed by atoms with Crippen LogP contribution in [0.25, 0.3) is 0 Å². The molecule has 0 aliphatic rings. The summed E-state index contributed by atoms with van der Waals surface area (Å²) in [4.78, 5) is 5.61. The molecule has 2 rings (SSSR count). The normalized spacial score (nSPS) is 12.3. The Balaban J connectivity index is 2.30. The summed E-state index contributed by atoms with van der Waals surface area (Å²) in [6, 6.07) is 0. The second kappa shape index (κ2) is 5.27. The number of sulfonamides is 1. The molecule has 0 saturated carbocycles. The van der Waals surface area contributed by atoms with Crippen molar-refractivity contribution in [3.05, 3.63) is 27.0 Å². The highest BCUT2D eigenvalue weighted by molar-refractivity contribution is 7.89. The van der Waals surface area contributed by atoms with Crippen molar-refractivity contribution in [3.8, 4) is 0 Å². The van der Waals surface area contributed by atoms with Crippen molar-refractivity contribution in [2.75, 3.05) is 7.05 Å². The van der Waals surface area contributed by atoms with Gasteiger partial charge in [-0.1, -0.05) is 5.16 Å². The molecule has 0 saturated heterocycles. The van der Waals surface area contributed by atoms with Gasteiger partial charge in [0.25, 0.3) is 0 Å². The minimum atomic E-state index is -3.62. The average Bonchev–Trinajstić information content (AvgIpc) is 2.83. The van der Waals surface area contributed by atoms with Crippen LogP contribution in [-0.2, 0) is 16.6 Å². The molecule has 0 spiro atoms. The third-order valence-electron chi connectivity index (χ3n) is 3.07. The molecule has 0 atom stereocenters. The summed E-state index contributed by atoms with van der Waals surface area (Å²) in [6.07, 6.45) is 0. The SMILES string of the molecule is Cc1nc(CN(C)S(=O)(=O)c2c(C)noc2C)sc1C. The largest absolute Gasteiger partial charge is 0.360 e. The molecule has 6 nitrogen and oxygen atoms in total. The second-order valence-electron chi connectivity index (χ2n) is 4.66. The highest BCUT2D eigenvalue weighted by atomic mass is 32.2. The van der Waals surface area contributed by atoms with Crippen LogP contribution in [0.15, 0.2) is 9.42 Å². The number of rotatable bonds is 4. The lowest BCUT2D eigenvalue weighted by atomic mass is 10.4. The van der Waals surface area contributed by atoms with Gasteiger partial charge in [0, 0.05) is 11.9 Å². The number of aromatic nitrogens is 2. The van der Waals surface area contributed by atoms with Gasteiger partial charge < -0.3 is 4.52 Å². The maximum atomic E-state index is 12.5. The van der Waals surface area contributed by atoms with Crippen molar-refractivity contribution in [3.63, 3.8) is 0 Å². The molecule has 0 fully saturated rings. The number of hydrogen-bond donors (Lipinski definition) is 0. The summed E-state index contributed by atoms with van der Waals surface area (Å²) in [5.74, 6) is 0.306. The molecule has 20 heavy (non-hydrogen) atoms. The third-order valence-corrected chi connectivity index (χ3v) is 6.17. The van der Waals surface area contributed by atoms with E-state index in [1.54, 1.807) is 13.8 Å². The Bertz CT molecular complexity index is 692. The number of nitrogens with zero attached hydrogens (tertiary/aromatic N) is 3. The predicted molar refractivity (Wildman–Crippen MR) is 76.2 cm³/mol. The van der Waals surface area contributed by atoms with Gasteiger partial charge in [0.2, 0.25) is 10.0 Å². The van der Waals surface area contributed by atoms with Crippen molar-refractivity contribution in [1.29, 1.82) is 0 Å². The summed E-state index contributed by atoms with van der Waals surface area (Å²) in [7, 11) is -2.08. The first-order valence-electron chi connectivity index (χ1n) is 6.05. The van der Waals surface area contributed by atoms with Gasteiger partial charge in [0.15, 0.2) is 5.76 Å². The van der Waals surface area contributed by atoms with Crippen LogP contribution in [-0.4, -0.2) is 29.9 Å². The maximum Gasteiger partial charge on any atom is 0.248 e. The molecule has 2 aromatic rings. The van der Waals surface area contributed by atoms with E-state index in [-0.39, 0.29) is 11.4 Å². The fourth-order valence-electron chi connectivity index (χ4n) is 1.88. The van der Waals surface area contributed by atoms with Crippen LogP contribution < -0.4 is 0 Å². The molecule has 0 aliphatic heterocycles. The summed E-state index contributed by atoms with van der Waals surface area (Å²) in [5, 5.41) is 4.47. The molecule has 0 bridgehead atoms. The molecule has 0 radical (unpaired) electrons. The van der Waals surface area contributed by atoms with Gasteiger partial charge in [-0.2, -0.15) is 4.31 Å². The zero-order valence-corrected chi connectivity index (χ0v) is 13.7. The minimum absolute atomic E-state index is 0.144. The van der Waals surface area contributed by atoms with Gasteiger partial charge in [0.1, 0.15) is 15.6 Å². The number of hydrogen-bond acceptors (Lipinski definition) is 6. The zero-order valence-electron chi connectivity index (χ0n) is 12.1. The lowest BCUT2D eigenvalue weighted by Crippen LogP contribution is -2.27. The fraction of sp³-hybridized carbons (Fsp3) is 0.500. The molecular formula is C12H17N3O3S2. The molecule has 0 amide bonds. The standard InChI is InChI=1S/C12H17N3O3S2/c1-7-10(4)19-11(13-7)6-15(5)20(16,17)12-8(2)14-18-9(12)3/h6H2,1-5H3. The van der Waals surface area contributed by atoms with Crippen LogP contribution in [0.4, 0.5) is 0 Å². The maximum absolute atomic E-state index is 12.5. The molecular weight excluding hydrogens is 298 g/mol. The topological polar surface area (TPSA) is 76.3 Å². The van der Waals surface area contributed by atoms with Crippen molar-refractivity contribution in [2.24, 2.45) is 0 Å². The molecule has 0 aliphatic carbocycles. The zero-order chi connectivity index (χ0) is 15.1. The Hall–Kier alpha value is -1.25. The lowest BCUT2D eigenvalue weighted by Gasteiger charge is -2.15. The summed E-state index contributed by atoms with van der Waals surface area (Å²) in [5.41, 5.74) is 1.31. The molecule has 0 N–H and O–H groups in total. The predicted octanol–water partition coefficient (Wildman–Crippen LogP) is 2.19. The van der Waals surface area contributed by atoms with Gasteiger partial charge in [-0.25, -0.2) is 13.4 Å². The van der Waals surface area contributed by atoms with E-state index >= 15 is 0 Å². The van der Waals surface area contributed by atoms with E-state index in [4.69, 9.17) is 4.52 Å². The molecule has 2 heterocycles. The number of thiazole rings is 1. The van der Waals surface area contributed by atoms with Crippen molar-refractivity contribution in [2.45, 2.75) is 39.1 Å². The van der Waals surface area contributed by atoms with Gasteiger partial charge in [0.05, 0.1) is 12.2 Å². The van der Waals surface area contributed by atoms with E-state index < -0.39 is 10.0 Å². The van der Waals surface area contributed by atoms with E-state index in [0.29, 0.717) is 11.5 Å². The monoisotopic (exact) mass is 315 g/mol. The first-order chi connectivity index (χ1) is 9.23. The minimum Gasteiger partial charge on any atom is -0.360 e. The fourth-order valence-corrected chi connectivity index (χ4v) is 4.37. The Morgan fingerprint density at radius 1 is 1.20 bits per heavy atom. The van der Waals surface area contributed by atoms with Gasteiger partial charge in [-0.3, -0.25) is 0 Å². The number of aryl methyl sites for hydroxylation is 4. The quantitative estimate of drug-likeness (QED) is 0.864. The Morgan fingerprint density at radius 3 is 2.30 bits per heavy atom. The van der Waals surface area contributed by atoms with E-state index in [0.717, 1.165) is 15.6 Å². The third kappa shape index (κ3) is 2.63. The molecule has 0 unspecified atom stereocenters. The van der Waals surface area contributed by atoms with E-state index in [2.05, 4.69) is 10.1 Å². The van der Waals surface area contributed by atoms with Crippen LogP contribution in [0.5, 0.6) is 0 Å². The Morgan fingerprint density at radius 2 is 1.85 bits per heavy atom. The average molecular weight is 315 g/mol. The van der Waals surface area contributed by atoms with Crippen LogP contribution in [0, 0.1) is 27.7 Å². The first kappa shape index (κ1) is 15.1. The smallest absolute Gasteiger partial charge is 0.248 e. The summed E-state index contributed by atoms with van der Waals surface area (Å²) < 4.78 is 31.3. The van der Waals surface area contributed by atoms with Crippen LogP contribution in [0.1, 0.15) is 27.0 Å². The molecule has 8 heteroatoms. The van der Waals surface area contributed by atoms with Crippen molar-refractivity contribution in [1.82, 2.24) is 14.4 Å². The summed E-state index contributed by atoms with van der Waals surface area (Å²) in [6.45, 7) is 7.34. The van der Waals surface area contributed by atoms with E-state index in [9.17, 15) is 8.42 Å². The van der Waals surface area contributed by atoms with Crippen LogP contribution in [0.3, 0.4) is 0 Å². The highest BCUT2D eigenvalue weighted by Gasteiger charge is 2.29. The van der Waals surface area contributed by atoms with Gasteiger partial charge in [-0.05, 0) is 27.7 Å². The van der Waals surface area contributed by atoms with Gasteiger partial charge >= 0.3 is 0 Å². The molecule has 0 aromatic carbocycles. The first-order valence-corrected chi connectivity index (χ1v) is 8.31. The lowest BCUT2D eigenvalue weighted by molar-refractivity contribution is 0.389. The Kier molecular flexibility index (Phi) is 3.99. The summed E-state index contributed by atoms with van der Waals surface area (Å²) >= 11 is 1.51.